The predicted molar refractivity (Wildman–Crippen MR) is 64.2 cm³/mol. The number of furan rings is 1. The van der Waals surface area contributed by atoms with Crippen molar-refractivity contribution in [3.8, 4) is 0 Å². The van der Waals surface area contributed by atoms with E-state index in [0.717, 1.165) is 0 Å². The number of alkyl halides is 3. The third kappa shape index (κ3) is 2.54. The molecule has 1 aromatic heterocycles. The Morgan fingerprint density at radius 1 is 1.60 bits per heavy atom. The van der Waals surface area contributed by atoms with Gasteiger partial charge in [0.2, 0.25) is 0 Å². The SMILES string of the molecule is CC(Cc1ccco1)N1CCC(C(=O)O)(C(F)(F)F)C1. The maximum atomic E-state index is 13.1. The maximum absolute atomic E-state index is 13.1. The number of carboxylic acids is 1. The van der Waals surface area contributed by atoms with E-state index in [0.29, 0.717) is 12.2 Å². The number of hydrogen-bond donors (Lipinski definition) is 1. The van der Waals surface area contributed by atoms with E-state index < -0.39 is 30.5 Å². The van der Waals surface area contributed by atoms with E-state index in [1.807, 2.05) is 0 Å². The molecule has 1 N–H and O–H groups in total. The fourth-order valence-corrected chi connectivity index (χ4v) is 2.59. The molecule has 1 aliphatic rings. The van der Waals surface area contributed by atoms with Gasteiger partial charge in [0.1, 0.15) is 5.76 Å². The van der Waals surface area contributed by atoms with E-state index in [-0.39, 0.29) is 12.6 Å². The molecule has 4 nitrogen and oxygen atoms in total. The van der Waals surface area contributed by atoms with Crippen molar-refractivity contribution in [1.29, 1.82) is 0 Å². The maximum Gasteiger partial charge on any atom is 0.406 e. The first-order valence-corrected chi connectivity index (χ1v) is 6.33. The zero-order valence-corrected chi connectivity index (χ0v) is 11.0. The van der Waals surface area contributed by atoms with Gasteiger partial charge >= 0.3 is 12.1 Å². The average molecular weight is 291 g/mol. The third-order valence-corrected chi connectivity index (χ3v) is 3.95. The highest BCUT2D eigenvalue weighted by Crippen LogP contribution is 2.46. The van der Waals surface area contributed by atoms with E-state index in [1.54, 1.807) is 24.0 Å². The van der Waals surface area contributed by atoms with E-state index in [9.17, 15) is 18.0 Å². The van der Waals surface area contributed by atoms with Crippen molar-refractivity contribution in [1.82, 2.24) is 4.90 Å². The van der Waals surface area contributed by atoms with Crippen molar-refractivity contribution in [3.63, 3.8) is 0 Å². The van der Waals surface area contributed by atoms with Gasteiger partial charge in [0.25, 0.3) is 0 Å². The van der Waals surface area contributed by atoms with Crippen LogP contribution in [-0.4, -0.2) is 41.3 Å². The fraction of sp³-hybridized carbons (Fsp3) is 0.615. The largest absolute Gasteiger partial charge is 0.481 e. The van der Waals surface area contributed by atoms with Crippen molar-refractivity contribution in [2.45, 2.75) is 32.0 Å². The highest BCUT2D eigenvalue weighted by Gasteiger charge is 2.63. The second-order valence-corrected chi connectivity index (χ2v) is 5.24. The van der Waals surface area contributed by atoms with Crippen LogP contribution in [0.2, 0.25) is 0 Å². The van der Waals surface area contributed by atoms with E-state index >= 15 is 0 Å². The number of nitrogens with zero attached hydrogens (tertiary/aromatic N) is 1. The summed E-state index contributed by atoms with van der Waals surface area (Å²) in [5.41, 5.74) is -2.65. The van der Waals surface area contributed by atoms with Crippen LogP contribution in [0.3, 0.4) is 0 Å². The molecule has 1 aromatic rings. The molecule has 0 bridgehead atoms. The molecule has 7 heteroatoms. The molecule has 0 radical (unpaired) electrons. The number of rotatable bonds is 4. The van der Waals surface area contributed by atoms with E-state index in [4.69, 9.17) is 9.52 Å². The van der Waals surface area contributed by atoms with Gasteiger partial charge in [-0.25, -0.2) is 0 Å². The van der Waals surface area contributed by atoms with Crippen LogP contribution in [0.4, 0.5) is 13.2 Å². The van der Waals surface area contributed by atoms with Gasteiger partial charge in [0.05, 0.1) is 6.26 Å². The molecular formula is C13H16F3NO3. The minimum absolute atomic E-state index is 0.119. The first-order valence-electron chi connectivity index (χ1n) is 6.33. The molecule has 2 heterocycles. The molecule has 112 valence electrons. The summed E-state index contributed by atoms with van der Waals surface area (Å²) in [6.07, 6.45) is -3.18. The Bertz CT molecular complexity index is 472. The van der Waals surface area contributed by atoms with Gasteiger partial charge in [-0.1, -0.05) is 0 Å². The van der Waals surface area contributed by atoms with Crippen LogP contribution in [0.1, 0.15) is 19.1 Å². The number of carbonyl (C=O) groups is 1. The standard InChI is InChI=1S/C13H16F3NO3/c1-9(7-10-3-2-6-20-10)17-5-4-12(8-17,11(18)19)13(14,15)16/h2-3,6,9H,4-5,7-8H2,1H3,(H,18,19). The fourth-order valence-electron chi connectivity index (χ4n) is 2.59. The number of likely N-dealkylation sites (tertiary alicyclic amines) is 1. The minimum atomic E-state index is -4.74. The average Bonchev–Trinajstić information content (AvgIpc) is 2.96. The van der Waals surface area contributed by atoms with Crippen LogP contribution in [0, 0.1) is 5.41 Å². The Morgan fingerprint density at radius 3 is 2.75 bits per heavy atom. The Kier molecular flexibility index (Phi) is 3.82. The summed E-state index contributed by atoms with van der Waals surface area (Å²) in [7, 11) is 0. The van der Waals surface area contributed by atoms with Gasteiger partial charge in [0, 0.05) is 19.0 Å². The van der Waals surface area contributed by atoms with Crippen molar-refractivity contribution >= 4 is 5.97 Å². The highest BCUT2D eigenvalue weighted by atomic mass is 19.4. The third-order valence-electron chi connectivity index (χ3n) is 3.95. The van der Waals surface area contributed by atoms with Gasteiger partial charge in [-0.05, 0) is 32.0 Å². The van der Waals surface area contributed by atoms with Gasteiger partial charge in [0.15, 0.2) is 5.41 Å². The lowest BCUT2D eigenvalue weighted by atomic mass is 9.86. The van der Waals surface area contributed by atoms with E-state index in [2.05, 4.69) is 0 Å². The number of hydrogen-bond acceptors (Lipinski definition) is 3. The minimum Gasteiger partial charge on any atom is -0.481 e. The summed E-state index contributed by atoms with van der Waals surface area (Å²) >= 11 is 0. The molecule has 2 rings (SSSR count). The van der Waals surface area contributed by atoms with Crippen LogP contribution in [0.5, 0.6) is 0 Å². The molecule has 0 amide bonds. The smallest absolute Gasteiger partial charge is 0.406 e. The highest BCUT2D eigenvalue weighted by molar-refractivity contribution is 5.76. The lowest BCUT2D eigenvalue weighted by molar-refractivity contribution is -0.227. The molecule has 1 aliphatic heterocycles. The van der Waals surface area contributed by atoms with Gasteiger partial charge in [-0.2, -0.15) is 13.2 Å². The molecule has 1 fully saturated rings. The van der Waals surface area contributed by atoms with Crippen LogP contribution >= 0.6 is 0 Å². The molecule has 0 aromatic carbocycles. The summed E-state index contributed by atoms with van der Waals surface area (Å²) in [4.78, 5) is 12.6. The Hall–Kier alpha value is -1.50. The predicted octanol–water partition coefficient (Wildman–Crippen LogP) is 2.55. The number of aliphatic carboxylic acids is 1. The zero-order valence-electron chi connectivity index (χ0n) is 11.0. The summed E-state index contributed by atoms with van der Waals surface area (Å²) in [5.74, 6) is -1.12. The van der Waals surface area contributed by atoms with Crippen LogP contribution in [0.25, 0.3) is 0 Å². The molecule has 20 heavy (non-hydrogen) atoms. The Balaban J connectivity index is 2.08. The molecule has 2 atom stereocenters. The van der Waals surface area contributed by atoms with E-state index in [1.165, 1.54) is 6.26 Å². The first-order chi connectivity index (χ1) is 9.26. The van der Waals surface area contributed by atoms with Crippen molar-refractivity contribution in [3.05, 3.63) is 24.2 Å². The molecule has 0 saturated carbocycles. The monoisotopic (exact) mass is 291 g/mol. The molecule has 1 saturated heterocycles. The first kappa shape index (κ1) is 14.9. The lowest BCUT2D eigenvalue weighted by Gasteiger charge is -2.29. The quantitative estimate of drug-likeness (QED) is 0.926. The van der Waals surface area contributed by atoms with Gasteiger partial charge in [-0.15, -0.1) is 0 Å². The number of halogens is 3. The van der Waals surface area contributed by atoms with Gasteiger partial charge < -0.3 is 9.52 Å². The zero-order chi connectivity index (χ0) is 15.0. The summed E-state index contributed by atoms with van der Waals surface area (Å²) in [6.45, 7) is 1.39. The molecule has 0 spiro atoms. The van der Waals surface area contributed by atoms with Crippen molar-refractivity contribution in [2.75, 3.05) is 13.1 Å². The summed E-state index contributed by atoms with van der Waals surface area (Å²) < 4.78 is 44.3. The molecule has 0 aliphatic carbocycles. The summed E-state index contributed by atoms with van der Waals surface area (Å²) in [6, 6.07) is 3.26. The second kappa shape index (κ2) is 5.12. The van der Waals surface area contributed by atoms with Crippen LogP contribution in [-0.2, 0) is 11.2 Å². The topological polar surface area (TPSA) is 53.7 Å². The van der Waals surface area contributed by atoms with Crippen molar-refractivity contribution in [2.24, 2.45) is 5.41 Å². The normalized spacial score (nSPS) is 25.8. The van der Waals surface area contributed by atoms with Crippen molar-refractivity contribution < 1.29 is 27.5 Å². The lowest BCUT2D eigenvalue weighted by Crippen LogP contribution is -2.48. The van der Waals surface area contributed by atoms with Crippen LogP contribution < -0.4 is 0 Å². The second-order valence-electron chi connectivity index (χ2n) is 5.24. The van der Waals surface area contributed by atoms with Crippen LogP contribution in [0.15, 0.2) is 22.8 Å². The molecule has 2 unspecified atom stereocenters. The summed E-state index contributed by atoms with van der Waals surface area (Å²) in [5, 5.41) is 8.99. The Morgan fingerprint density at radius 2 is 2.30 bits per heavy atom. The van der Waals surface area contributed by atoms with Gasteiger partial charge in [-0.3, -0.25) is 9.69 Å². The number of carboxylic acid groups (broad SMARTS) is 1. The Labute approximate surface area is 114 Å². The molecular weight excluding hydrogens is 275 g/mol.